The van der Waals surface area contributed by atoms with Crippen LogP contribution in [0.5, 0.6) is 5.88 Å². The number of carboxylic acids is 1. The Morgan fingerprint density at radius 3 is 2.55 bits per heavy atom. The van der Waals surface area contributed by atoms with Gasteiger partial charge in [0, 0.05) is 16.8 Å². The minimum atomic E-state index is -1.12. The number of pyridine rings is 1. The molecule has 6 nitrogen and oxygen atoms in total. The number of halogens is 3. The molecule has 160 valence electrons. The van der Waals surface area contributed by atoms with E-state index in [4.69, 9.17) is 16.3 Å². The first-order valence-corrected chi connectivity index (χ1v) is 9.44. The molecule has 2 aromatic carbocycles. The van der Waals surface area contributed by atoms with E-state index in [9.17, 15) is 23.5 Å². The number of nitrogens with one attached hydrogen (secondary N) is 1. The van der Waals surface area contributed by atoms with Crippen LogP contribution in [0.4, 0.5) is 8.78 Å². The van der Waals surface area contributed by atoms with Crippen molar-refractivity contribution in [1.29, 1.82) is 0 Å². The highest BCUT2D eigenvalue weighted by molar-refractivity contribution is 6.31. The number of hydrogen-bond donors (Lipinski definition) is 2. The number of amides is 1. The molecule has 1 amide bonds. The van der Waals surface area contributed by atoms with Crippen molar-refractivity contribution in [3.8, 4) is 17.0 Å². The van der Waals surface area contributed by atoms with Crippen LogP contribution < -0.4 is 10.1 Å². The molecule has 9 heteroatoms. The number of rotatable bonds is 7. The van der Waals surface area contributed by atoms with E-state index < -0.39 is 36.0 Å². The number of methoxy groups -OCH3 is 1. The van der Waals surface area contributed by atoms with E-state index in [2.05, 4.69) is 10.3 Å². The van der Waals surface area contributed by atoms with Crippen LogP contribution in [0.25, 0.3) is 11.1 Å². The lowest BCUT2D eigenvalue weighted by Crippen LogP contribution is -2.30. The van der Waals surface area contributed by atoms with Crippen molar-refractivity contribution in [2.45, 2.75) is 12.5 Å². The van der Waals surface area contributed by atoms with Gasteiger partial charge in [-0.25, -0.2) is 13.8 Å². The van der Waals surface area contributed by atoms with E-state index >= 15 is 0 Å². The summed E-state index contributed by atoms with van der Waals surface area (Å²) in [5, 5.41) is 12.2. The zero-order valence-corrected chi connectivity index (χ0v) is 17.0. The molecule has 0 saturated heterocycles. The predicted octanol–water partition coefficient (Wildman–Crippen LogP) is 4.63. The smallest absolute Gasteiger partial charge is 0.305 e. The average molecular weight is 447 g/mol. The Balaban J connectivity index is 1.95. The maximum Gasteiger partial charge on any atom is 0.305 e. The van der Waals surface area contributed by atoms with Gasteiger partial charge in [-0.2, -0.15) is 0 Å². The van der Waals surface area contributed by atoms with Gasteiger partial charge >= 0.3 is 5.97 Å². The fraction of sp³-hybridized carbons (Fsp3) is 0.136. The Morgan fingerprint density at radius 1 is 1.16 bits per heavy atom. The Labute approximate surface area is 181 Å². The van der Waals surface area contributed by atoms with Crippen LogP contribution in [-0.4, -0.2) is 29.1 Å². The minimum absolute atomic E-state index is 0.0722. The monoisotopic (exact) mass is 446 g/mol. The molecule has 31 heavy (non-hydrogen) atoms. The molecule has 0 aliphatic heterocycles. The number of hydrogen-bond acceptors (Lipinski definition) is 4. The van der Waals surface area contributed by atoms with Crippen molar-refractivity contribution in [1.82, 2.24) is 10.3 Å². The van der Waals surface area contributed by atoms with Crippen LogP contribution in [0.3, 0.4) is 0 Å². The Kier molecular flexibility index (Phi) is 6.81. The van der Waals surface area contributed by atoms with Crippen molar-refractivity contribution in [2.24, 2.45) is 0 Å². The number of carbonyl (C=O) groups is 2. The van der Waals surface area contributed by atoms with Gasteiger partial charge in [-0.15, -0.1) is 0 Å². The quantitative estimate of drug-likeness (QED) is 0.552. The van der Waals surface area contributed by atoms with E-state index in [0.717, 1.165) is 12.1 Å². The van der Waals surface area contributed by atoms with Gasteiger partial charge in [0.25, 0.3) is 5.91 Å². The minimum Gasteiger partial charge on any atom is -0.481 e. The first-order valence-electron chi connectivity index (χ1n) is 9.06. The molecule has 1 atom stereocenters. The summed E-state index contributed by atoms with van der Waals surface area (Å²) in [5.41, 5.74) is 1.04. The van der Waals surface area contributed by atoms with Gasteiger partial charge in [-0.1, -0.05) is 35.9 Å². The summed E-state index contributed by atoms with van der Waals surface area (Å²) in [4.78, 5) is 28.2. The molecule has 0 saturated carbocycles. The van der Waals surface area contributed by atoms with Gasteiger partial charge < -0.3 is 15.2 Å². The molecule has 0 spiro atoms. The Morgan fingerprint density at radius 2 is 1.90 bits per heavy atom. The van der Waals surface area contributed by atoms with E-state index in [-0.39, 0.29) is 22.6 Å². The predicted molar refractivity (Wildman–Crippen MR) is 110 cm³/mol. The molecule has 3 aromatic rings. The maximum absolute atomic E-state index is 13.7. The summed E-state index contributed by atoms with van der Waals surface area (Å²) in [5.74, 6) is -3.71. The number of ether oxygens (including phenoxy) is 1. The highest BCUT2D eigenvalue weighted by Crippen LogP contribution is 2.31. The van der Waals surface area contributed by atoms with E-state index in [1.165, 1.54) is 25.4 Å². The molecule has 0 bridgehead atoms. The lowest BCUT2D eigenvalue weighted by atomic mass is 10.0. The molecular formula is C22H17ClF2N2O4. The summed E-state index contributed by atoms with van der Waals surface area (Å²) < 4.78 is 32.2. The van der Waals surface area contributed by atoms with E-state index in [1.54, 1.807) is 24.3 Å². The van der Waals surface area contributed by atoms with Gasteiger partial charge in [0.1, 0.15) is 0 Å². The van der Waals surface area contributed by atoms with Gasteiger partial charge in [0.05, 0.1) is 25.1 Å². The normalized spacial score (nSPS) is 11.6. The number of carbonyl (C=O) groups excluding carboxylic acids is 1. The Bertz CT molecular complexity index is 1140. The maximum atomic E-state index is 13.7. The molecule has 0 unspecified atom stereocenters. The SMILES string of the molecule is COc1ncc(C(=O)N[C@@H](CC(=O)O)c2ccccc2Cl)cc1-c1ccc(F)c(F)c1. The number of carboxylic acid groups (broad SMARTS) is 1. The number of benzene rings is 2. The second-order valence-corrected chi connectivity index (χ2v) is 6.96. The van der Waals surface area contributed by atoms with Gasteiger partial charge in [0.2, 0.25) is 5.88 Å². The average Bonchev–Trinajstić information content (AvgIpc) is 2.74. The second kappa shape index (κ2) is 9.53. The van der Waals surface area contributed by atoms with Crippen molar-refractivity contribution >= 4 is 23.5 Å². The first-order chi connectivity index (χ1) is 14.8. The summed E-state index contributed by atoms with van der Waals surface area (Å²) in [6.45, 7) is 0. The molecule has 0 aliphatic rings. The third kappa shape index (κ3) is 5.16. The number of aliphatic carboxylic acids is 1. The topological polar surface area (TPSA) is 88.5 Å². The van der Waals surface area contributed by atoms with Crippen LogP contribution in [-0.2, 0) is 4.79 Å². The third-order valence-electron chi connectivity index (χ3n) is 4.50. The molecule has 1 aromatic heterocycles. The Hall–Kier alpha value is -3.52. The van der Waals surface area contributed by atoms with Crippen LogP contribution >= 0.6 is 11.6 Å². The first kappa shape index (κ1) is 22.2. The fourth-order valence-corrected chi connectivity index (χ4v) is 3.29. The number of nitrogens with zero attached hydrogens (tertiary/aromatic N) is 1. The lowest BCUT2D eigenvalue weighted by molar-refractivity contribution is -0.137. The lowest BCUT2D eigenvalue weighted by Gasteiger charge is -2.19. The summed E-state index contributed by atoms with van der Waals surface area (Å²) >= 11 is 6.17. The van der Waals surface area contributed by atoms with Crippen LogP contribution in [0.15, 0.2) is 54.7 Å². The molecule has 0 radical (unpaired) electrons. The largest absolute Gasteiger partial charge is 0.481 e. The van der Waals surface area contributed by atoms with Crippen LogP contribution in [0, 0.1) is 11.6 Å². The van der Waals surface area contributed by atoms with Gasteiger partial charge in [-0.05, 0) is 35.4 Å². The molecule has 0 aliphatic carbocycles. The number of aromatic nitrogens is 1. The van der Waals surface area contributed by atoms with E-state index in [0.29, 0.717) is 10.6 Å². The van der Waals surface area contributed by atoms with Crippen molar-refractivity contribution < 1.29 is 28.2 Å². The van der Waals surface area contributed by atoms with Crippen molar-refractivity contribution in [3.05, 3.63) is 82.5 Å². The van der Waals surface area contributed by atoms with Crippen LogP contribution in [0.1, 0.15) is 28.4 Å². The summed E-state index contributed by atoms with van der Waals surface area (Å²) in [7, 11) is 1.35. The fourth-order valence-electron chi connectivity index (χ4n) is 3.02. The van der Waals surface area contributed by atoms with E-state index in [1.807, 2.05) is 0 Å². The van der Waals surface area contributed by atoms with Gasteiger partial charge in [0.15, 0.2) is 11.6 Å². The standard InChI is InChI=1S/C22H17ClF2N2O4/c1-31-22-15(12-6-7-17(24)18(25)9-12)8-13(11-26-22)21(30)27-19(10-20(28)29)14-4-2-3-5-16(14)23/h2-9,11,19H,10H2,1H3,(H,27,30)(H,28,29)/t19-/m0/s1. The zero-order chi connectivity index (χ0) is 22.5. The molecule has 1 heterocycles. The zero-order valence-electron chi connectivity index (χ0n) is 16.2. The summed E-state index contributed by atoms with van der Waals surface area (Å²) in [6, 6.07) is 10.3. The molecule has 0 fully saturated rings. The highest BCUT2D eigenvalue weighted by atomic mass is 35.5. The van der Waals surface area contributed by atoms with Crippen molar-refractivity contribution in [2.75, 3.05) is 7.11 Å². The summed E-state index contributed by atoms with van der Waals surface area (Å²) in [6.07, 6.45) is 0.844. The van der Waals surface area contributed by atoms with Crippen LogP contribution in [0.2, 0.25) is 5.02 Å². The van der Waals surface area contributed by atoms with Crippen molar-refractivity contribution in [3.63, 3.8) is 0 Å². The molecular weight excluding hydrogens is 430 g/mol. The second-order valence-electron chi connectivity index (χ2n) is 6.56. The highest BCUT2D eigenvalue weighted by Gasteiger charge is 2.22. The third-order valence-corrected chi connectivity index (χ3v) is 4.85. The molecule has 2 N–H and O–H groups in total. The van der Waals surface area contributed by atoms with Gasteiger partial charge in [-0.3, -0.25) is 9.59 Å². The molecule has 3 rings (SSSR count).